The van der Waals surface area contributed by atoms with E-state index in [1.165, 1.54) is 16.8 Å². The van der Waals surface area contributed by atoms with Crippen LogP contribution < -0.4 is 0 Å². The van der Waals surface area contributed by atoms with Gasteiger partial charge in [0.1, 0.15) is 0 Å². The second-order valence-corrected chi connectivity index (χ2v) is 5.10. The van der Waals surface area contributed by atoms with Gasteiger partial charge in [0.15, 0.2) is 17.3 Å². The minimum atomic E-state index is -1.19. The number of aryl methyl sites for hydroxylation is 1. The summed E-state index contributed by atoms with van der Waals surface area (Å²) in [5, 5.41) is 13.2. The first-order valence-corrected chi connectivity index (χ1v) is 6.81. The van der Waals surface area contributed by atoms with Gasteiger partial charge >= 0.3 is 5.97 Å². The highest BCUT2D eigenvalue weighted by Gasteiger charge is 2.17. The topological polar surface area (TPSA) is 55.1 Å². The molecule has 0 aliphatic rings. The number of carboxylic acid groups (broad SMARTS) is 1. The average molecular weight is 314 g/mol. The second kappa shape index (κ2) is 5.64. The Morgan fingerprint density at radius 2 is 1.74 bits per heavy atom. The Bertz CT molecular complexity index is 886. The molecule has 0 aliphatic carbocycles. The van der Waals surface area contributed by atoms with Crippen molar-refractivity contribution in [2.45, 2.75) is 6.92 Å². The molecule has 0 unspecified atom stereocenters. The summed E-state index contributed by atoms with van der Waals surface area (Å²) in [7, 11) is 0. The van der Waals surface area contributed by atoms with Crippen molar-refractivity contribution >= 4 is 5.97 Å². The van der Waals surface area contributed by atoms with Gasteiger partial charge < -0.3 is 5.11 Å². The lowest BCUT2D eigenvalue weighted by Gasteiger charge is -2.08. The third-order valence-corrected chi connectivity index (χ3v) is 3.42. The van der Waals surface area contributed by atoms with Crippen molar-refractivity contribution in [3.8, 4) is 16.9 Å². The highest BCUT2D eigenvalue weighted by Crippen LogP contribution is 2.26. The summed E-state index contributed by atoms with van der Waals surface area (Å²) in [5.74, 6) is -3.16. The molecular weight excluding hydrogens is 302 g/mol. The van der Waals surface area contributed by atoms with Gasteiger partial charge in [0.2, 0.25) is 0 Å². The summed E-state index contributed by atoms with van der Waals surface area (Å²) in [5.41, 5.74) is 2.19. The molecule has 0 spiro atoms. The van der Waals surface area contributed by atoms with E-state index < -0.39 is 17.6 Å². The van der Waals surface area contributed by atoms with Crippen molar-refractivity contribution in [3.05, 3.63) is 71.4 Å². The second-order valence-electron chi connectivity index (χ2n) is 5.10. The van der Waals surface area contributed by atoms with Crippen LogP contribution in [0.1, 0.15) is 16.1 Å². The predicted molar refractivity (Wildman–Crippen MR) is 80.6 cm³/mol. The number of halogens is 2. The highest BCUT2D eigenvalue weighted by atomic mass is 19.2. The zero-order valence-corrected chi connectivity index (χ0v) is 12.1. The van der Waals surface area contributed by atoms with E-state index in [1.807, 2.05) is 19.1 Å². The third-order valence-electron chi connectivity index (χ3n) is 3.42. The lowest BCUT2D eigenvalue weighted by molar-refractivity contribution is 0.0690. The van der Waals surface area contributed by atoms with Gasteiger partial charge in [0, 0.05) is 5.56 Å². The smallest absolute Gasteiger partial charge is 0.356 e. The maximum Gasteiger partial charge on any atom is 0.356 e. The van der Waals surface area contributed by atoms with Crippen LogP contribution in [0.25, 0.3) is 16.9 Å². The molecule has 0 saturated carbocycles. The Kier molecular flexibility index (Phi) is 3.65. The average Bonchev–Trinajstić information content (AvgIpc) is 2.96. The van der Waals surface area contributed by atoms with Gasteiger partial charge in [0.25, 0.3) is 0 Å². The number of aromatic carboxylic acids is 1. The molecule has 0 bridgehead atoms. The van der Waals surface area contributed by atoms with Crippen molar-refractivity contribution < 1.29 is 18.7 Å². The van der Waals surface area contributed by atoms with Gasteiger partial charge in [-0.05, 0) is 43.3 Å². The first-order valence-electron chi connectivity index (χ1n) is 6.81. The largest absolute Gasteiger partial charge is 0.476 e. The molecule has 0 amide bonds. The van der Waals surface area contributed by atoms with Crippen LogP contribution in [0.15, 0.2) is 48.5 Å². The fourth-order valence-electron chi connectivity index (χ4n) is 2.23. The van der Waals surface area contributed by atoms with Gasteiger partial charge in [-0.3, -0.25) is 0 Å². The van der Waals surface area contributed by atoms with Crippen LogP contribution in [0.4, 0.5) is 8.78 Å². The fourth-order valence-corrected chi connectivity index (χ4v) is 2.23. The zero-order chi connectivity index (χ0) is 16.6. The highest BCUT2D eigenvalue weighted by molar-refractivity contribution is 5.87. The summed E-state index contributed by atoms with van der Waals surface area (Å²) >= 11 is 0. The Labute approximate surface area is 130 Å². The number of rotatable bonds is 3. The van der Waals surface area contributed by atoms with Crippen LogP contribution in [-0.4, -0.2) is 20.9 Å². The minimum absolute atomic E-state index is 0.176. The molecule has 1 heterocycles. The molecule has 0 saturated heterocycles. The molecule has 2 aromatic carbocycles. The molecule has 3 aromatic rings. The summed E-state index contributed by atoms with van der Waals surface area (Å²) in [6, 6.07) is 12.0. The molecule has 1 aromatic heterocycles. The molecule has 4 nitrogen and oxygen atoms in total. The number of nitrogens with zero attached hydrogens (tertiary/aromatic N) is 2. The Balaban J connectivity index is 2.20. The van der Waals surface area contributed by atoms with E-state index >= 15 is 0 Å². The Morgan fingerprint density at radius 3 is 2.35 bits per heavy atom. The molecule has 1 N–H and O–H groups in total. The number of hydrogen-bond acceptors (Lipinski definition) is 2. The third kappa shape index (κ3) is 2.83. The van der Waals surface area contributed by atoms with Gasteiger partial charge in [-0.15, -0.1) is 0 Å². The molecule has 0 fully saturated rings. The van der Waals surface area contributed by atoms with E-state index in [-0.39, 0.29) is 5.69 Å². The molecule has 116 valence electrons. The fraction of sp³-hybridized carbons (Fsp3) is 0.0588. The first-order chi connectivity index (χ1) is 11.0. The summed E-state index contributed by atoms with van der Waals surface area (Å²) < 4.78 is 28.0. The summed E-state index contributed by atoms with van der Waals surface area (Å²) in [6.45, 7) is 1.92. The molecule has 0 radical (unpaired) electrons. The predicted octanol–water partition coefficient (Wildman–Crippen LogP) is 3.82. The summed E-state index contributed by atoms with van der Waals surface area (Å²) in [4.78, 5) is 11.2. The van der Waals surface area contributed by atoms with Crippen LogP contribution >= 0.6 is 0 Å². The summed E-state index contributed by atoms with van der Waals surface area (Å²) in [6.07, 6.45) is 0. The molecule has 3 rings (SSSR count). The molecular formula is C17H12F2N2O2. The monoisotopic (exact) mass is 314 g/mol. The van der Waals surface area contributed by atoms with Crippen molar-refractivity contribution in [2.75, 3.05) is 0 Å². The van der Waals surface area contributed by atoms with Crippen molar-refractivity contribution in [1.29, 1.82) is 0 Å². The van der Waals surface area contributed by atoms with E-state index in [9.17, 15) is 13.6 Å². The molecule has 0 atom stereocenters. The normalized spacial score (nSPS) is 10.7. The van der Waals surface area contributed by atoms with Crippen LogP contribution in [0.5, 0.6) is 0 Å². The van der Waals surface area contributed by atoms with Crippen LogP contribution in [0.3, 0.4) is 0 Å². The lowest BCUT2D eigenvalue weighted by atomic mass is 10.1. The molecule has 0 aliphatic heterocycles. The van der Waals surface area contributed by atoms with Crippen LogP contribution in [-0.2, 0) is 0 Å². The number of benzene rings is 2. The van der Waals surface area contributed by atoms with Gasteiger partial charge in [-0.2, -0.15) is 5.10 Å². The van der Waals surface area contributed by atoms with Crippen LogP contribution in [0.2, 0.25) is 0 Å². The molecule has 6 heteroatoms. The minimum Gasteiger partial charge on any atom is -0.476 e. The van der Waals surface area contributed by atoms with E-state index in [4.69, 9.17) is 5.11 Å². The van der Waals surface area contributed by atoms with Gasteiger partial charge in [-0.1, -0.05) is 17.7 Å². The number of hydrogen-bond donors (Lipinski definition) is 1. The number of aromatic nitrogens is 2. The van der Waals surface area contributed by atoms with E-state index in [0.717, 1.165) is 17.7 Å². The van der Waals surface area contributed by atoms with Crippen molar-refractivity contribution in [2.24, 2.45) is 0 Å². The number of carbonyl (C=O) groups is 1. The Morgan fingerprint density at radius 1 is 1.04 bits per heavy atom. The maximum absolute atomic E-state index is 13.5. The van der Waals surface area contributed by atoms with Crippen molar-refractivity contribution in [1.82, 2.24) is 9.78 Å². The van der Waals surface area contributed by atoms with Crippen LogP contribution in [0, 0.1) is 18.6 Å². The van der Waals surface area contributed by atoms with E-state index in [0.29, 0.717) is 16.9 Å². The first kappa shape index (κ1) is 14.9. The number of carboxylic acids is 1. The molecule has 23 heavy (non-hydrogen) atoms. The SMILES string of the molecule is Cc1ccc(-n2nc(C(=O)O)cc2-c2ccc(F)c(F)c2)cc1. The van der Waals surface area contributed by atoms with E-state index in [2.05, 4.69) is 5.10 Å². The quantitative estimate of drug-likeness (QED) is 0.799. The Hall–Kier alpha value is -3.02. The van der Waals surface area contributed by atoms with Crippen molar-refractivity contribution in [3.63, 3.8) is 0 Å². The maximum atomic E-state index is 13.5. The van der Waals surface area contributed by atoms with E-state index in [1.54, 1.807) is 12.1 Å². The standard InChI is InChI=1S/C17H12F2N2O2/c1-10-2-5-12(6-3-10)21-16(9-15(20-21)17(22)23)11-4-7-13(18)14(19)8-11/h2-9H,1H3,(H,22,23). The zero-order valence-electron chi connectivity index (χ0n) is 12.1. The van der Waals surface area contributed by atoms with Gasteiger partial charge in [0.05, 0.1) is 11.4 Å². The lowest BCUT2D eigenvalue weighted by Crippen LogP contribution is -2.02. The van der Waals surface area contributed by atoms with Gasteiger partial charge in [-0.25, -0.2) is 18.3 Å².